The van der Waals surface area contributed by atoms with Gasteiger partial charge in [-0.1, -0.05) is 12.1 Å². The molecule has 0 heterocycles. The average molecular weight is 285 g/mol. The Morgan fingerprint density at radius 1 is 1.14 bits per heavy atom. The van der Waals surface area contributed by atoms with Gasteiger partial charge in [0.2, 0.25) is 0 Å². The minimum atomic E-state index is -0.327. The molecule has 0 radical (unpaired) electrons. The second kappa shape index (κ2) is 6.79. The van der Waals surface area contributed by atoms with Crippen LogP contribution in [0.5, 0.6) is 5.75 Å². The molecule has 0 saturated carbocycles. The number of rotatable bonds is 5. The maximum atomic E-state index is 12.0. The first-order chi connectivity index (χ1) is 10.2. The third kappa shape index (κ3) is 3.54. The second-order valence-corrected chi connectivity index (χ2v) is 4.57. The lowest BCUT2D eigenvalue weighted by molar-refractivity contribution is 0.0527. The Balaban J connectivity index is 2.29. The van der Waals surface area contributed by atoms with Crippen LogP contribution >= 0.6 is 0 Å². The summed E-state index contributed by atoms with van der Waals surface area (Å²) in [6, 6.07) is 13.0. The van der Waals surface area contributed by atoms with Gasteiger partial charge in [-0.3, -0.25) is 0 Å². The smallest absolute Gasteiger partial charge is 0.340 e. The number of benzene rings is 2. The highest BCUT2D eigenvalue weighted by Crippen LogP contribution is 2.26. The van der Waals surface area contributed by atoms with Gasteiger partial charge in [-0.05, 0) is 49.7 Å². The van der Waals surface area contributed by atoms with Crippen LogP contribution in [0.1, 0.15) is 22.8 Å². The van der Waals surface area contributed by atoms with Crippen molar-refractivity contribution < 1.29 is 14.3 Å². The van der Waals surface area contributed by atoms with Crippen LogP contribution < -0.4 is 10.1 Å². The summed E-state index contributed by atoms with van der Waals surface area (Å²) in [6.45, 7) is 4.13. The third-order valence-corrected chi connectivity index (χ3v) is 3.13. The molecule has 4 nitrogen and oxygen atoms in total. The molecule has 21 heavy (non-hydrogen) atoms. The predicted molar refractivity (Wildman–Crippen MR) is 83.4 cm³/mol. The molecule has 0 atom stereocenters. The van der Waals surface area contributed by atoms with Crippen LogP contribution in [0, 0.1) is 6.92 Å². The summed E-state index contributed by atoms with van der Waals surface area (Å²) in [7, 11) is 1.64. The molecule has 0 aromatic heterocycles. The molecule has 0 saturated heterocycles. The van der Waals surface area contributed by atoms with Crippen LogP contribution in [0.4, 0.5) is 11.4 Å². The molecule has 0 spiro atoms. The van der Waals surface area contributed by atoms with Crippen molar-refractivity contribution in [1.82, 2.24) is 0 Å². The Labute approximate surface area is 124 Å². The van der Waals surface area contributed by atoms with Gasteiger partial charge in [0.05, 0.1) is 25.0 Å². The molecular formula is C17H19NO3. The Hall–Kier alpha value is -2.49. The molecule has 1 N–H and O–H groups in total. The van der Waals surface area contributed by atoms with Crippen LogP contribution in [0.25, 0.3) is 0 Å². The standard InChI is InChI=1S/C17H19NO3/c1-4-21-17(19)14-7-5-6-8-16(14)18-15-10-9-13(20-3)11-12(15)2/h5-11,18H,4H2,1-3H3. The Morgan fingerprint density at radius 2 is 1.90 bits per heavy atom. The van der Waals surface area contributed by atoms with E-state index in [1.54, 1.807) is 20.1 Å². The van der Waals surface area contributed by atoms with Crippen LogP contribution in [0.3, 0.4) is 0 Å². The molecule has 2 aromatic rings. The highest BCUT2D eigenvalue weighted by atomic mass is 16.5. The van der Waals surface area contributed by atoms with Gasteiger partial charge in [-0.25, -0.2) is 4.79 Å². The molecule has 0 aliphatic rings. The topological polar surface area (TPSA) is 47.6 Å². The number of hydrogen-bond acceptors (Lipinski definition) is 4. The lowest BCUT2D eigenvalue weighted by Crippen LogP contribution is -2.08. The number of carbonyl (C=O) groups excluding carboxylic acids is 1. The first-order valence-electron chi connectivity index (χ1n) is 6.83. The minimum absolute atomic E-state index is 0.327. The summed E-state index contributed by atoms with van der Waals surface area (Å²) in [5.41, 5.74) is 3.21. The lowest BCUT2D eigenvalue weighted by atomic mass is 10.1. The third-order valence-electron chi connectivity index (χ3n) is 3.13. The van der Waals surface area contributed by atoms with Gasteiger partial charge in [0.1, 0.15) is 5.75 Å². The first-order valence-corrected chi connectivity index (χ1v) is 6.83. The van der Waals surface area contributed by atoms with E-state index in [-0.39, 0.29) is 5.97 Å². The molecule has 2 rings (SSSR count). The average Bonchev–Trinajstić information content (AvgIpc) is 2.50. The van der Waals surface area contributed by atoms with Crippen LogP contribution in [-0.2, 0) is 4.74 Å². The van der Waals surface area contributed by atoms with Crippen molar-refractivity contribution in [3.63, 3.8) is 0 Å². The fourth-order valence-electron chi connectivity index (χ4n) is 2.03. The monoisotopic (exact) mass is 285 g/mol. The van der Waals surface area contributed by atoms with Crippen molar-refractivity contribution in [1.29, 1.82) is 0 Å². The quantitative estimate of drug-likeness (QED) is 0.846. The van der Waals surface area contributed by atoms with Crippen molar-refractivity contribution in [3.8, 4) is 5.75 Å². The first kappa shape index (κ1) is 14.9. The number of para-hydroxylation sites is 1. The Morgan fingerprint density at radius 3 is 2.57 bits per heavy atom. The summed E-state index contributed by atoms with van der Waals surface area (Å²) in [5.74, 6) is 0.475. The number of esters is 1. The Kier molecular flexibility index (Phi) is 4.82. The van der Waals surface area contributed by atoms with E-state index in [2.05, 4.69) is 5.32 Å². The largest absolute Gasteiger partial charge is 0.497 e. The van der Waals surface area contributed by atoms with E-state index in [1.807, 2.05) is 43.3 Å². The molecule has 4 heteroatoms. The van der Waals surface area contributed by atoms with Crippen molar-refractivity contribution in [3.05, 3.63) is 53.6 Å². The fraction of sp³-hybridized carbons (Fsp3) is 0.235. The van der Waals surface area contributed by atoms with Crippen LogP contribution in [0.15, 0.2) is 42.5 Å². The zero-order valence-corrected chi connectivity index (χ0v) is 12.5. The number of aryl methyl sites for hydroxylation is 1. The summed E-state index contributed by atoms with van der Waals surface area (Å²) >= 11 is 0. The van der Waals surface area contributed by atoms with Crippen LogP contribution in [-0.4, -0.2) is 19.7 Å². The van der Waals surface area contributed by atoms with E-state index >= 15 is 0 Å². The SMILES string of the molecule is CCOC(=O)c1ccccc1Nc1ccc(OC)cc1C. The number of methoxy groups -OCH3 is 1. The summed E-state index contributed by atoms with van der Waals surface area (Å²) in [4.78, 5) is 12.0. The molecule has 0 aliphatic heterocycles. The summed E-state index contributed by atoms with van der Waals surface area (Å²) in [6.07, 6.45) is 0. The van der Waals surface area contributed by atoms with Gasteiger partial charge < -0.3 is 14.8 Å². The highest BCUT2D eigenvalue weighted by Gasteiger charge is 2.12. The molecule has 0 bridgehead atoms. The predicted octanol–water partition coefficient (Wildman–Crippen LogP) is 3.92. The van der Waals surface area contributed by atoms with E-state index in [1.165, 1.54) is 0 Å². The highest BCUT2D eigenvalue weighted by molar-refractivity contribution is 5.96. The number of nitrogens with one attached hydrogen (secondary N) is 1. The molecule has 0 amide bonds. The molecular weight excluding hydrogens is 266 g/mol. The molecule has 110 valence electrons. The van der Waals surface area contributed by atoms with Crippen molar-refractivity contribution >= 4 is 17.3 Å². The van der Waals surface area contributed by atoms with Gasteiger partial charge in [-0.15, -0.1) is 0 Å². The van der Waals surface area contributed by atoms with Crippen LogP contribution in [0.2, 0.25) is 0 Å². The Bertz CT molecular complexity index is 638. The summed E-state index contributed by atoms with van der Waals surface area (Å²) in [5, 5.41) is 3.28. The van der Waals surface area contributed by atoms with Crippen molar-refractivity contribution in [2.45, 2.75) is 13.8 Å². The number of hydrogen-bond donors (Lipinski definition) is 1. The van der Waals surface area contributed by atoms with E-state index in [0.29, 0.717) is 12.2 Å². The molecule has 2 aromatic carbocycles. The van der Waals surface area contributed by atoms with E-state index in [0.717, 1.165) is 22.7 Å². The zero-order chi connectivity index (χ0) is 15.2. The second-order valence-electron chi connectivity index (χ2n) is 4.57. The van der Waals surface area contributed by atoms with E-state index < -0.39 is 0 Å². The maximum Gasteiger partial charge on any atom is 0.340 e. The molecule has 0 unspecified atom stereocenters. The number of anilines is 2. The van der Waals surface area contributed by atoms with E-state index in [4.69, 9.17) is 9.47 Å². The fourth-order valence-corrected chi connectivity index (χ4v) is 2.03. The zero-order valence-electron chi connectivity index (χ0n) is 12.5. The van der Waals surface area contributed by atoms with Crippen molar-refractivity contribution in [2.75, 3.05) is 19.0 Å². The number of carbonyl (C=O) groups is 1. The maximum absolute atomic E-state index is 12.0. The van der Waals surface area contributed by atoms with Gasteiger partial charge in [-0.2, -0.15) is 0 Å². The van der Waals surface area contributed by atoms with E-state index in [9.17, 15) is 4.79 Å². The molecule has 0 aliphatic carbocycles. The minimum Gasteiger partial charge on any atom is -0.497 e. The van der Waals surface area contributed by atoms with Gasteiger partial charge in [0.15, 0.2) is 0 Å². The lowest BCUT2D eigenvalue weighted by Gasteiger charge is -2.14. The van der Waals surface area contributed by atoms with Gasteiger partial charge in [0.25, 0.3) is 0 Å². The molecule has 0 fully saturated rings. The summed E-state index contributed by atoms with van der Waals surface area (Å²) < 4.78 is 10.3. The normalized spacial score (nSPS) is 10.0. The van der Waals surface area contributed by atoms with Crippen molar-refractivity contribution in [2.24, 2.45) is 0 Å². The number of ether oxygens (including phenoxy) is 2. The van der Waals surface area contributed by atoms with Gasteiger partial charge in [0, 0.05) is 5.69 Å². The van der Waals surface area contributed by atoms with Gasteiger partial charge >= 0.3 is 5.97 Å².